The molecule has 0 bridgehead atoms. The van der Waals surface area contributed by atoms with Crippen molar-refractivity contribution >= 4 is 34.7 Å². The Morgan fingerprint density at radius 1 is 1.11 bits per heavy atom. The molecule has 194 valence electrons. The molecule has 0 radical (unpaired) electrons. The quantitative estimate of drug-likeness (QED) is 0.525. The van der Waals surface area contributed by atoms with Gasteiger partial charge in [-0.05, 0) is 63.9 Å². The van der Waals surface area contributed by atoms with E-state index in [1.807, 2.05) is 48.2 Å². The number of rotatable bonds is 8. The lowest BCUT2D eigenvalue weighted by atomic mass is 10.1. The third-order valence-electron chi connectivity index (χ3n) is 5.66. The van der Waals surface area contributed by atoms with Gasteiger partial charge in [-0.3, -0.25) is 14.4 Å². The summed E-state index contributed by atoms with van der Waals surface area (Å²) in [4.78, 5) is 44.3. The highest BCUT2D eigenvalue weighted by Gasteiger charge is 2.40. The molecule has 1 aliphatic rings. The number of thioether (sulfide) groups is 1. The second kappa shape index (κ2) is 12.5. The number of amidine groups is 1. The Morgan fingerprint density at radius 2 is 1.78 bits per heavy atom. The molecule has 0 spiro atoms. The van der Waals surface area contributed by atoms with E-state index < -0.39 is 16.8 Å². The van der Waals surface area contributed by atoms with Crippen LogP contribution >= 0.6 is 11.8 Å². The normalized spacial score (nSPS) is 18.4. The van der Waals surface area contributed by atoms with Crippen molar-refractivity contribution in [2.24, 2.45) is 4.99 Å². The molecule has 0 aliphatic carbocycles. The van der Waals surface area contributed by atoms with Gasteiger partial charge in [0.1, 0.15) is 10.9 Å². The van der Waals surface area contributed by atoms with Gasteiger partial charge in [-0.25, -0.2) is 0 Å². The van der Waals surface area contributed by atoms with E-state index in [4.69, 9.17) is 10.00 Å². The average molecular weight is 521 g/mol. The fourth-order valence-electron chi connectivity index (χ4n) is 3.79. The summed E-state index contributed by atoms with van der Waals surface area (Å²) in [7, 11) is 0. The molecule has 9 heteroatoms. The van der Waals surface area contributed by atoms with Crippen molar-refractivity contribution in [1.82, 2.24) is 10.2 Å². The van der Waals surface area contributed by atoms with Crippen molar-refractivity contribution in [3.63, 3.8) is 0 Å². The monoisotopic (exact) mass is 520 g/mol. The van der Waals surface area contributed by atoms with E-state index in [2.05, 4.69) is 10.3 Å². The van der Waals surface area contributed by atoms with Crippen LogP contribution in [0.4, 0.5) is 0 Å². The van der Waals surface area contributed by atoms with Crippen molar-refractivity contribution in [3.05, 3.63) is 71.3 Å². The van der Waals surface area contributed by atoms with E-state index in [0.717, 1.165) is 12.0 Å². The largest absolute Gasteiger partial charge is 0.460 e. The molecule has 37 heavy (non-hydrogen) atoms. The number of carbonyl (C=O) groups is 3. The van der Waals surface area contributed by atoms with Crippen molar-refractivity contribution in [1.29, 1.82) is 5.26 Å². The Morgan fingerprint density at radius 3 is 2.41 bits per heavy atom. The first-order valence-corrected chi connectivity index (χ1v) is 13.1. The molecule has 2 atom stereocenters. The zero-order valence-corrected chi connectivity index (χ0v) is 22.4. The van der Waals surface area contributed by atoms with Crippen LogP contribution in [-0.2, 0) is 20.7 Å². The van der Waals surface area contributed by atoms with E-state index in [-0.39, 0.29) is 30.9 Å². The van der Waals surface area contributed by atoms with Crippen LogP contribution in [0.25, 0.3) is 0 Å². The number of hydrogen-bond acceptors (Lipinski definition) is 6. The number of nitrogens with zero attached hydrogens (tertiary/aromatic N) is 3. The van der Waals surface area contributed by atoms with Crippen LogP contribution in [0.2, 0.25) is 0 Å². The van der Waals surface area contributed by atoms with Crippen LogP contribution in [-0.4, -0.2) is 57.8 Å². The summed E-state index contributed by atoms with van der Waals surface area (Å²) in [6.45, 7) is 8.07. The maximum absolute atomic E-state index is 13.0. The minimum Gasteiger partial charge on any atom is -0.460 e. The summed E-state index contributed by atoms with van der Waals surface area (Å²) in [6.07, 6.45) is 0.799. The minimum absolute atomic E-state index is 0.0740. The third-order valence-corrected chi connectivity index (χ3v) is 7.06. The van der Waals surface area contributed by atoms with E-state index in [1.165, 1.54) is 11.8 Å². The lowest BCUT2D eigenvalue weighted by molar-refractivity contribution is -0.154. The third kappa shape index (κ3) is 8.19. The van der Waals surface area contributed by atoms with E-state index in [0.29, 0.717) is 22.8 Å². The van der Waals surface area contributed by atoms with Crippen molar-refractivity contribution in [2.45, 2.75) is 57.4 Å². The molecule has 1 heterocycles. The Bertz CT molecular complexity index is 1180. The molecule has 2 aromatic rings. The topological polar surface area (TPSA) is 112 Å². The minimum atomic E-state index is -0.580. The molecular weight excluding hydrogens is 488 g/mol. The first-order valence-electron chi connectivity index (χ1n) is 12.2. The van der Waals surface area contributed by atoms with Crippen LogP contribution in [0.15, 0.2) is 59.6 Å². The average Bonchev–Trinajstić information content (AvgIpc) is 3.16. The number of esters is 1. The van der Waals surface area contributed by atoms with Gasteiger partial charge in [0.25, 0.3) is 5.91 Å². The first kappa shape index (κ1) is 27.9. The van der Waals surface area contributed by atoms with Crippen LogP contribution < -0.4 is 5.32 Å². The van der Waals surface area contributed by atoms with Crippen LogP contribution in [0, 0.1) is 11.3 Å². The zero-order chi connectivity index (χ0) is 27.0. The lowest BCUT2D eigenvalue weighted by Gasteiger charge is -2.25. The van der Waals surface area contributed by atoms with Gasteiger partial charge in [-0.1, -0.05) is 42.1 Å². The predicted octanol–water partition coefficient (Wildman–Crippen LogP) is 3.95. The van der Waals surface area contributed by atoms with Gasteiger partial charge in [0, 0.05) is 24.7 Å². The van der Waals surface area contributed by atoms with Crippen molar-refractivity contribution < 1.29 is 19.1 Å². The Hall–Kier alpha value is -3.64. The number of carbonyl (C=O) groups excluding carboxylic acids is 3. The van der Waals surface area contributed by atoms with Gasteiger partial charge in [-0.2, -0.15) is 10.3 Å². The van der Waals surface area contributed by atoms with E-state index in [1.54, 1.807) is 45.0 Å². The van der Waals surface area contributed by atoms with Crippen LogP contribution in [0.1, 0.15) is 55.6 Å². The SMILES string of the molecule is CC1C(C(=O)NCCC(=O)OC(C)(C)C)SC(=NC(=O)c2ccc(C#N)cc2)N1CCc1ccccc1. The number of nitriles is 1. The highest BCUT2D eigenvalue weighted by molar-refractivity contribution is 8.15. The summed E-state index contributed by atoms with van der Waals surface area (Å²) in [6, 6.07) is 18.1. The summed E-state index contributed by atoms with van der Waals surface area (Å²) in [5, 5.41) is 11.8. The molecule has 3 rings (SSSR count). The van der Waals surface area contributed by atoms with Gasteiger partial charge in [-0.15, -0.1) is 0 Å². The molecule has 0 saturated carbocycles. The van der Waals surface area contributed by atoms with Gasteiger partial charge < -0.3 is 15.0 Å². The molecule has 1 N–H and O–H groups in total. The van der Waals surface area contributed by atoms with Crippen molar-refractivity contribution in [2.75, 3.05) is 13.1 Å². The Kier molecular flexibility index (Phi) is 9.48. The summed E-state index contributed by atoms with van der Waals surface area (Å²) in [5.41, 5.74) is 1.39. The molecule has 1 saturated heterocycles. The second-order valence-electron chi connectivity index (χ2n) is 9.72. The zero-order valence-electron chi connectivity index (χ0n) is 21.6. The number of benzene rings is 2. The molecule has 0 aromatic heterocycles. The van der Waals surface area contributed by atoms with Gasteiger partial charge in [0.2, 0.25) is 5.91 Å². The molecule has 1 fully saturated rings. The Balaban J connectivity index is 1.72. The summed E-state index contributed by atoms with van der Waals surface area (Å²) >= 11 is 1.24. The number of hydrogen-bond donors (Lipinski definition) is 1. The molecule has 2 amide bonds. The smallest absolute Gasteiger partial charge is 0.308 e. The van der Waals surface area contributed by atoms with E-state index in [9.17, 15) is 14.4 Å². The Labute approximate surface area is 222 Å². The number of nitrogens with one attached hydrogen (secondary N) is 1. The standard InChI is InChI=1S/C28H32N4O4S/c1-19-24(26(35)30-16-14-23(33)36-28(2,3)4)37-27(32(19)17-15-20-8-6-5-7-9-20)31-25(34)22-12-10-21(18-29)11-13-22/h5-13,19,24H,14-17H2,1-4H3,(H,30,35). The number of aliphatic imine (C=N–C) groups is 1. The highest BCUT2D eigenvalue weighted by Crippen LogP contribution is 2.32. The highest BCUT2D eigenvalue weighted by atomic mass is 32.2. The molecule has 2 aromatic carbocycles. The van der Waals surface area contributed by atoms with Gasteiger partial charge in [0.05, 0.1) is 18.1 Å². The van der Waals surface area contributed by atoms with Gasteiger partial charge >= 0.3 is 5.97 Å². The van der Waals surface area contributed by atoms with Gasteiger partial charge in [0.15, 0.2) is 5.17 Å². The van der Waals surface area contributed by atoms with E-state index >= 15 is 0 Å². The number of amides is 2. The molecule has 8 nitrogen and oxygen atoms in total. The summed E-state index contributed by atoms with van der Waals surface area (Å²) in [5.74, 6) is -1.03. The molecule has 1 aliphatic heterocycles. The van der Waals surface area contributed by atoms with Crippen LogP contribution in [0.5, 0.6) is 0 Å². The molecule has 2 unspecified atom stereocenters. The predicted molar refractivity (Wildman–Crippen MR) is 144 cm³/mol. The lowest BCUT2D eigenvalue weighted by Crippen LogP contribution is -2.43. The fourth-order valence-corrected chi connectivity index (χ4v) is 5.08. The van der Waals surface area contributed by atoms with Crippen molar-refractivity contribution in [3.8, 4) is 6.07 Å². The molecular formula is C28H32N4O4S. The maximum Gasteiger partial charge on any atom is 0.308 e. The fraction of sp³-hybridized carbons (Fsp3) is 0.393. The first-order chi connectivity index (χ1) is 17.6. The van der Waals surface area contributed by atoms with Crippen LogP contribution in [0.3, 0.4) is 0 Å². The summed E-state index contributed by atoms with van der Waals surface area (Å²) < 4.78 is 5.30. The maximum atomic E-state index is 13.0. The second-order valence-corrected chi connectivity index (χ2v) is 10.8. The number of ether oxygens (including phenoxy) is 1.